The molecule has 0 amide bonds. The number of hydrogen-bond acceptors (Lipinski definition) is 1. The largest absolute Gasteiger partial charge is 0.385 e. The van der Waals surface area contributed by atoms with E-state index < -0.39 is 0 Å². The van der Waals surface area contributed by atoms with Crippen LogP contribution < -0.4 is 5.32 Å². The van der Waals surface area contributed by atoms with Crippen molar-refractivity contribution in [3.8, 4) is 0 Å². The minimum Gasteiger partial charge on any atom is -0.385 e. The van der Waals surface area contributed by atoms with Crippen LogP contribution in [0.4, 0.5) is 5.69 Å². The van der Waals surface area contributed by atoms with Gasteiger partial charge in [-0.05, 0) is 46.7 Å². The maximum absolute atomic E-state index is 3.42. The van der Waals surface area contributed by atoms with Gasteiger partial charge < -0.3 is 5.32 Å². The van der Waals surface area contributed by atoms with Gasteiger partial charge in [-0.1, -0.05) is 28.7 Å². The van der Waals surface area contributed by atoms with Gasteiger partial charge in [0.15, 0.2) is 0 Å². The molecule has 0 bridgehead atoms. The number of rotatable bonds is 0. The number of fused-ring (bicyclic) bond motifs is 1. The molecule has 0 spiro atoms. The van der Waals surface area contributed by atoms with E-state index in [0.717, 1.165) is 6.54 Å². The SMILES string of the molecule is Ic1ccc2c(c1)NCCC2I. The predicted octanol–water partition coefficient (Wildman–Crippen LogP) is 3.58. The van der Waals surface area contributed by atoms with Crippen molar-refractivity contribution in [2.24, 2.45) is 0 Å². The highest BCUT2D eigenvalue weighted by Crippen LogP contribution is 2.36. The highest BCUT2D eigenvalue weighted by molar-refractivity contribution is 14.1. The Morgan fingerprint density at radius 3 is 3.08 bits per heavy atom. The summed E-state index contributed by atoms with van der Waals surface area (Å²) in [4.78, 5) is 0. The number of alkyl halides is 1. The van der Waals surface area contributed by atoms with Crippen molar-refractivity contribution in [2.75, 3.05) is 11.9 Å². The van der Waals surface area contributed by atoms with Crippen molar-refractivity contribution >= 4 is 50.9 Å². The van der Waals surface area contributed by atoms with E-state index in [9.17, 15) is 0 Å². The molecular weight excluding hydrogens is 376 g/mol. The molecule has 64 valence electrons. The third-order valence-electron chi connectivity index (χ3n) is 2.07. The van der Waals surface area contributed by atoms with Gasteiger partial charge in [0.25, 0.3) is 0 Å². The second kappa shape index (κ2) is 3.69. The third kappa shape index (κ3) is 1.71. The van der Waals surface area contributed by atoms with Crippen molar-refractivity contribution in [3.63, 3.8) is 0 Å². The van der Waals surface area contributed by atoms with E-state index in [2.05, 4.69) is 68.7 Å². The van der Waals surface area contributed by atoms with Crippen LogP contribution in [0.25, 0.3) is 0 Å². The highest BCUT2D eigenvalue weighted by atomic mass is 127. The Kier molecular flexibility index (Phi) is 2.78. The monoisotopic (exact) mass is 385 g/mol. The maximum Gasteiger partial charge on any atom is 0.0396 e. The predicted molar refractivity (Wildman–Crippen MR) is 69.0 cm³/mol. The summed E-state index contributed by atoms with van der Waals surface area (Å²) in [5.41, 5.74) is 2.79. The maximum atomic E-state index is 3.42. The van der Waals surface area contributed by atoms with Crippen LogP contribution in [0.3, 0.4) is 0 Å². The summed E-state index contributed by atoms with van der Waals surface area (Å²) in [6.07, 6.45) is 1.24. The van der Waals surface area contributed by atoms with Gasteiger partial charge in [0.2, 0.25) is 0 Å². The molecule has 12 heavy (non-hydrogen) atoms. The fourth-order valence-corrected chi connectivity index (χ4v) is 2.79. The lowest BCUT2D eigenvalue weighted by molar-refractivity contribution is 0.834. The molecule has 0 radical (unpaired) electrons. The summed E-state index contributed by atoms with van der Waals surface area (Å²) in [5.74, 6) is 0. The quantitative estimate of drug-likeness (QED) is 0.532. The van der Waals surface area contributed by atoms with Crippen LogP contribution in [0.5, 0.6) is 0 Å². The first-order valence-corrected chi connectivity index (χ1v) is 6.27. The summed E-state index contributed by atoms with van der Waals surface area (Å²) < 4.78 is 2.00. The van der Waals surface area contributed by atoms with Gasteiger partial charge in [-0.3, -0.25) is 0 Å². The molecule has 1 aliphatic rings. The lowest BCUT2D eigenvalue weighted by Gasteiger charge is -2.22. The Labute approximate surface area is 99.6 Å². The average Bonchev–Trinajstić information content (AvgIpc) is 2.04. The van der Waals surface area contributed by atoms with Crippen molar-refractivity contribution in [2.45, 2.75) is 10.3 Å². The minimum absolute atomic E-state index is 0.691. The molecule has 0 saturated heterocycles. The minimum atomic E-state index is 0.691. The molecular formula is C9H9I2N. The van der Waals surface area contributed by atoms with Crippen LogP contribution in [0, 0.1) is 3.57 Å². The zero-order valence-corrected chi connectivity index (χ0v) is 10.8. The summed E-state index contributed by atoms with van der Waals surface area (Å²) in [5, 5.41) is 3.42. The number of hydrogen-bond donors (Lipinski definition) is 1. The first-order chi connectivity index (χ1) is 5.77. The molecule has 1 atom stereocenters. The summed E-state index contributed by atoms with van der Waals surface area (Å²) in [6.45, 7) is 1.11. The highest BCUT2D eigenvalue weighted by Gasteiger charge is 2.16. The molecule has 1 aromatic carbocycles. The van der Waals surface area contributed by atoms with Gasteiger partial charge in [0.05, 0.1) is 0 Å². The van der Waals surface area contributed by atoms with E-state index in [4.69, 9.17) is 0 Å². The van der Waals surface area contributed by atoms with Crippen LogP contribution in [-0.2, 0) is 0 Å². The number of nitrogens with one attached hydrogen (secondary N) is 1. The first-order valence-electron chi connectivity index (χ1n) is 3.95. The van der Waals surface area contributed by atoms with Crippen molar-refractivity contribution in [1.82, 2.24) is 0 Å². The zero-order valence-electron chi connectivity index (χ0n) is 6.48. The number of halogens is 2. The van der Waals surface area contributed by atoms with E-state index in [1.165, 1.54) is 21.2 Å². The van der Waals surface area contributed by atoms with E-state index in [1.807, 2.05) is 0 Å². The van der Waals surface area contributed by atoms with Gasteiger partial charge in [-0.15, -0.1) is 0 Å². The third-order valence-corrected chi connectivity index (χ3v) is 4.03. The standard InChI is InChI=1S/C9H9I2N/c10-6-1-2-7-8(11)3-4-12-9(7)5-6/h1-2,5,8,12H,3-4H2. The Balaban J connectivity index is 2.46. The van der Waals surface area contributed by atoms with Crippen molar-refractivity contribution in [1.29, 1.82) is 0 Å². The van der Waals surface area contributed by atoms with Crippen LogP contribution >= 0.6 is 45.2 Å². The van der Waals surface area contributed by atoms with Gasteiger partial charge in [-0.2, -0.15) is 0 Å². The molecule has 1 unspecified atom stereocenters. The Bertz CT molecular complexity index is 299. The fourth-order valence-electron chi connectivity index (χ4n) is 1.44. The molecule has 0 fully saturated rings. The van der Waals surface area contributed by atoms with E-state index in [0.29, 0.717) is 3.92 Å². The van der Waals surface area contributed by atoms with Gasteiger partial charge in [-0.25, -0.2) is 0 Å². The molecule has 1 N–H and O–H groups in total. The van der Waals surface area contributed by atoms with Crippen LogP contribution in [0.15, 0.2) is 18.2 Å². The van der Waals surface area contributed by atoms with Gasteiger partial charge in [0.1, 0.15) is 0 Å². The Morgan fingerprint density at radius 2 is 2.25 bits per heavy atom. The normalized spacial score (nSPS) is 21.3. The van der Waals surface area contributed by atoms with Crippen LogP contribution in [-0.4, -0.2) is 6.54 Å². The molecule has 1 aromatic rings. The van der Waals surface area contributed by atoms with E-state index in [-0.39, 0.29) is 0 Å². The molecule has 3 heteroatoms. The zero-order chi connectivity index (χ0) is 8.55. The lowest BCUT2D eigenvalue weighted by Crippen LogP contribution is -2.13. The fraction of sp³-hybridized carbons (Fsp3) is 0.333. The molecule has 0 saturated carbocycles. The molecule has 1 aliphatic heterocycles. The molecule has 0 aliphatic carbocycles. The smallest absolute Gasteiger partial charge is 0.0396 e. The Morgan fingerprint density at radius 1 is 1.42 bits per heavy atom. The van der Waals surface area contributed by atoms with E-state index >= 15 is 0 Å². The molecule has 1 heterocycles. The molecule has 1 nitrogen and oxygen atoms in total. The second-order valence-electron chi connectivity index (χ2n) is 2.91. The number of anilines is 1. The number of benzene rings is 1. The molecule has 0 aromatic heterocycles. The Hall–Kier alpha value is 0.480. The lowest BCUT2D eigenvalue weighted by atomic mass is 10.0. The van der Waals surface area contributed by atoms with Crippen molar-refractivity contribution in [3.05, 3.63) is 27.3 Å². The second-order valence-corrected chi connectivity index (χ2v) is 5.66. The first kappa shape index (κ1) is 9.05. The van der Waals surface area contributed by atoms with Crippen molar-refractivity contribution < 1.29 is 0 Å². The van der Waals surface area contributed by atoms with Crippen LogP contribution in [0.1, 0.15) is 15.9 Å². The summed E-state index contributed by atoms with van der Waals surface area (Å²) in [6, 6.07) is 6.64. The summed E-state index contributed by atoms with van der Waals surface area (Å²) in [7, 11) is 0. The van der Waals surface area contributed by atoms with Gasteiger partial charge >= 0.3 is 0 Å². The topological polar surface area (TPSA) is 12.0 Å². The van der Waals surface area contributed by atoms with E-state index in [1.54, 1.807) is 0 Å². The van der Waals surface area contributed by atoms with Crippen LogP contribution in [0.2, 0.25) is 0 Å². The van der Waals surface area contributed by atoms with Gasteiger partial charge in [0, 0.05) is 19.7 Å². The molecule has 2 rings (SSSR count). The average molecular weight is 385 g/mol. The summed E-state index contributed by atoms with van der Waals surface area (Å²) >= 11 is 4.87.